The predicted molar refractivity (Wildman–Crippen MR) is 46.3 cm³/mol. The number of aliphatic hydroxyl groups excluding tert-OH is 2. The van der Waals surface area contributed by atoms with E-state index in [1.54, 1.807) is 27.7 Å². The molecule has 76 valence electrons. The Kier molecular flexibility index (Phi) is 2.26. The third-order valence-electron chi connectivity index (χ3n) is 2.38. The monoisotopic (exact) mass is 188 g/mol. The molecule has 0 aromatic carbocycles. The van der Waals surface area contributed by atoms with Crippen molar-refractivity contribution in [2.24, 2.45) is 0 Å². The summed E-state index contributed by atoms with van der Waals surface area (Å²) >= 11 is 0. The van der Waals surface area contributed by atoms with Crippen molar-refractivity contribution in [1.29, 1.82) is 0 Å². The Labute approximate surface area is 77.5 Å². The molecule has 2 N–H and O–H groups in total. The molecule has 2 unspecified atom stereocenters. The molecule has 0 bridgehead atoms. The fraction of sp³-hybridized carbons (Fsp3) is 0.889. The molecule has 0 spiro atoms. The Morgan fingerprint density at radius 2 is 1.38 bits per heavy atom. The Balaban J connectivity index is 3.00. The Bertz CT molecular complexity index is 210. The molecular weight excluding hydrogens is 172 g/mol. The first-order valence-corrected chi connectivity index (χ1v) is 4.28. The summed E-state index contributed by atoms with van der Waals surface area (Å²) in [6.45, 7) is 6.51. The van der Waals surface area contributed by atoms with E-state index in [0.29, 0.717) is 0 Å². The third kappa shape index (κ3) is 1.61. The van der Waals surface area contributed by atoms with Gasteiger partial charge in [0.1, 0.15) is 12.2 Å². The molecule has 4 heteroatoms. The number of aliphatic hydroxyl groups is 2. The van der Waals surface area contributed by atoms with Crippen LogP contribution >= 0.6 is 0 Å². The average Bonchev–Trinajstić information content (AvgIpc) is 1.96. The third-order valence-corrected chi connectivity index (χ3v) is 2.38. The minimum absolute atomic E-state index is 0.568. The van der Waals surface area contributed by atoms with Gasteiger partial charge in [-0.25, -0.2) is 0 Å². The van der Waals surface area contributed by atoms with Gasteiger partial charge in [-0.1, -0.05) is 0 Å². The summed E-state index contributed by atoms with van der Waals surface area (Å²) < 4.78 is 5.44. The van der Waals surface area contributed by atoms with Crippen LogP contribution < -0.4 is 0 Å². The summed E-state index contributed by atoms with van der Waals surface area (Å²) in [6, 6.07) is 0. The van der Waals surface area contributed by atoms with E-state index in [-0.39, 0.29) is 0 Å². The molecule has 1 saturated heterocycles. The van der Waals surface area contributed by atoms with Crippen molar-refractivity contribution in [3.63, 3.8) is 0 Å². The van der Waals surface area contributed by atoms with Gasteiger partial charge in [0.05, 0.1) is 11.2 Å². The molecule has 1 rings (SSSR count). The molecule has 4 nitrogen and oxygen atoms in total. The molecule has 0 aliphatic carbocycles. The van der Waals surface area contributed by atoms with Crippen molar-refractivity contribution >= 4 is 5.78 Å². The number of carbonyl (C=O) groups excluding carboxylic acids is 1. The lowest BCUT2D eigenvalue weighted by Crippen LogP contribution is -2.63. The van der Waals surface area contributed by atoms with Crippen LogP contribution in [0.5, 0.6) is 0 Å². The van der Waals surface area contributed by atoms with E-state index in [1.165, 1.54) is 0 Å². The van der Waals surface area contributed by atoms with Crippen LogP contribution in [-0.4, -0.2) is 39.4 Å². The molecule has 0 aromatic heterocycles. The highest BCUT2D eigenvalue weighted by molar-refractivity contribution is 5.89. The lowest BCUT2D eigenvalue weighted by Gasteiger charge is -2.46. The Morgan fingerprint density at radius 3 is 1.69 bits per heavy atom. The lowest BCUT2D eigenvalue weighted by molar-refractivity contribution is -0.235. The van der Waals surface area contributed by atoms with Gasteiger partial charge in [-0.15, -0.1) is 0 Å². The fourth-order valence-electron chi connectivity index (χ4n) is 1.62. The topological polar surface area (TPSA) is 66.8 Å². The SMILES string of the molecule is CC1(C)OC(C)(C)C(O)C(=O)C1O. The smallest absolute Gasteiger partial charge is 0.195 e. The van der Waals surface area contributed by atoms with Crippen molar-refractivity contribution in [1.82, 2.24) is 0 Å². The quantitative estimate of drug-likeness (QED) is 0.555. The molecule has 1 fully saturated rings. The van der Waals surface area contributed by atoms with Crippen LogP contribution in [0, 0.1) is 0 Å². The van der Waals surface area contributed by atoms with E-state index in [4.69, 9.17) is 4.74 Å². The van der Waals surface area contributed by atoms with Crippen LogP contribution in [0.25, 0.3) is 0 Å². The van der Waals surface area contributed by atoms with E-state index < -0.39 is 29.2 Å². The van der Waals surface area contributed by atoms with Gasteiger partial charge in [0, 0.05) is 0 Å². The van der Waals surface area contributed by atoms with E-state index in [2.05, 4.69) is 0 Å². The van der Waals surface area contributed by atoms with Gasteiger partial charge in [0.2, 0.25) is 0 Å². The van der Waals surface area contributed by atoms with E-state index >= 15 is 0 Å². The second-order valence-electron chi connectivity index (χ2n) is 4.52. The number of Topliss-reactive ketones (excluding diaryl/α,β-unsaturated/α-hetero) is 1. The highest BCUT2D eigenvalue weighted by Crippen LogP contribution is 2.33. The number of carbonyl (C=O) groups is 1. The van der Waals surface area contributed by atoms with E-state index in [0.717, 1.165) is 0 Å². The van der Waals surface area contributed by atoms with Gasteiger partial charge in [0.25, 0.3) is 0 Å². The lowest BCUT2D eigenvalue weighted by atomic mass is 9.83. The summed E-state index contributed by atoms with van der Waals surface area (Å²) in [5, 5.41) is 18.9. The number of hydrogen-bond donors (Lipinski definition) is 2. The molecule has 2 atom stereocenters. The molecule has 1 aliphatic heterocycles. The maximum absolute atomic E-state index is 11.4. The first-order chi connectivity index (χ1) is 5.68. The summed E-state index contributed by atoms with van der Waals surface area (Å²) in [4.78, 5) is 11.4. The molecule has 0 saturated carbocycles. The van der Waals surface area contributed by atoms with Crippen molar-refractivity contribution in [3.05, 3.63) is 0 Å². The number of hydrogen-bond acceptors (Lipinski definition) is 4. The van der Waals surface area contributed by atoms with E-state index in [1.807, 2.05) is 0 Å². The maximum atomic E-state index is 11.4. The van der Waals surface area contributed by atoms with Crippen LogP contribution in [0.4, 0.5) is 0 Å². The fourth-order valence-corrected chi connectivity index (χ4v) is 1.62. The standard InChI is InChI=1S/C9H16O4/c1-8(2)6(11)5(10)7(12)9(3,4)13-8/h6-7,11-12H,1-4H3. The van der Waals surface area contributed by atoms with Crippen LogP contribution in [0.15, 0.2) is 0 Å². The van der Waals surface area contributed by atoms with Crippen LogP contribution in [0.1, 0.15) is 27.7 Å². The predicted octanol–water partition coefficient (Wildman–Crippen LogP) is -0.135. The largest absolute Gasteiger partial charge is 0.382 e. The molecular formula is C9H16O4. The number of ether oxygens (including phenoxy) is 1. The maximum Gasteiger partial charge on any atom is 0.195 e. The van der Waals surface area contributed by atoms with Gasteiger partial charge in [-0.3, -0.25) is 4.79 Å². The summed E-state index contributed by atoms with van der Waals surface area (Å²) in [5.41, 5.74) is -1.86. The average molecular weight is 188 g/mol. The molecule has 1 aliphatic rings. The highest BCUT2D eigenvalue weighted by atomic mass is 16.6. The zero-order chi connectivity index (χ0) is 10.4. The molecule has 0 amide bonds. The summed E-state index contributed by atoms with van der Waals surface area (Å²) in [7, 11) is 0. The Hall–Kier alpha value is -0.450. The number of rotatable bonds is 0. The zero-order valence-corrected chi connectivity index (χ0v) is 8.37. The zero-order valence-electron chi connectivity index (χ0n) is 8.37. The van der Waals surface area contributed by atoms with Crippen molar-refractivity contribution in [2.45, 2.75) is 51.1 Å². The van der Waals surface area contributed by atoms with Crippen LogP contribution in [0.2, 0.25) is 0 Å². The van der Waals surface area contributed by atoms with Crippen molar-refractivity contribution in [3.8, 4) is 0 Å². The van der Waals surface area contributed by atoms with Crippen molar-refractivity contribution < 1.29 is 19.7 Å². The highest BCUT2D eigenvalue weighted by Gasteiger charge is 2.51. The minimum atomic E-state index is -1.25. The molecule has 1 heterocycles. The molecule has 13 heavy (non-hydrogen) atoms. The molecule has 0 aromatic rings. The first kappa shape index (κ1) is 10.6. The second-order valence-corrected chi connectivity index (χ2v) is 4.52. The minimum Gasteiger partial charge on any atom is -0.382 e. The van der Waals surface area contributed by atoms with E-state index in [9.17, 15) is 15.0 Å². The van der Waals surface area contributed by atoms with Gasteiger partial charge in [0.15, 0.2) is 5.78 Å². The van der Waals surface area contributed by atoms with Gasteiger partial charge < -0.3 is 14.9 Å². The van der Waals surface area contributed by atoms with Crippen molar-refractivity contribution in [2.75, 3.05) is 0 Å². The summed E-state index contributed by atoms with van der Waals surface area (Å²) in [6.07, 6.45) is -2.51. The van der Waals surface area contributed by atoms with Crippen LogP contribution in [0.3, 0.4) is 0 Å². The van der Waals surface area contributed by atoms with Gasteiger partial charge in [-0.2, -0.15) is 0 Å². The first-order valence-electron chi connectivity index (χ1n) is 4.28. The second kappa shape index (κ2) is 2.77. The normalized spacial score (nSPS) is 37.5. The Morgan fingerprint density at radius 1 is 1.08 bits per heavy atom. The van der Waals surface area contributed by atoms with Gasteiger partial charge >= 0.3 is 0 Å². The molecule has 0 radical (unpaired) electrons. The van der Waals surface area contributed by atoms with Gasteiger partial charge in [-0.05, 0) is 27.7 Å². The summed E-state index contributed by atoms with van der Waals surface area (Å²) in [5.74, 6) is -0.568. The van der Waals surface area contributed by atoms with Crippen LogP contribution in [-0.2, 0) is 9.53 Å². The number of ketones is 1.